The molecule has 0 unspecified atom stereocenters. The number of anilines is 3. The van der Waals surface area contributed by atoms with E-state index in [4.69, 9.17) is 9.97 Å². The molecule has 1 saturated carbocycles. The molecule has 1 aliphatic carbocycles. The van der Waals surface area contributed by atoms with E-state index in [1.165, 1.54) is 37.7 Å². The first kappa shape index (κ1) is 20.6. The Balaban J connectivity index is 1.44. The third-order valence-corrected chi connectivity index (χ3v) is 7.66. The minimum atomic E-state index is 0.0104. The highest BCUT2D eigenvalue weighted by atomic mass is 32.2. The van der Waals surface area contributed by atoms with Crippen LogP contribution in [0.4, 0.5) is 17.5 Å². The maximum Gasteiger partial charge on any atom is 0.273 e. The fourth-order valence-corrected chi connectivity index (χ4v) is 5.77. The second-order valence-corrected chi connectivity index (χ2v) is 10.2. The average Bonchev–Trinajstić information content (AvgIpc) is 3.44. The lowest BCUT2D eigenvalue weighted by Gasteiger charge is -2.22. The fraction of sp³-hybridized carbons (Fsp3) is 0.542. The average molecular weight is 438 g/mol. The highest BCUT2D eigenvalue weighted by molar-refractivity contribution is 7.99. The van der Waals surface area contributed by atoms with Crippen molar-refractivity contribution in [1.29, 1.82) is 0 Å². The summed E-state index contributed by atoms with van der Waals surface area (Å²) in [5, 5.41) is 3.51. The van der Waals surface area contributed by atoms with Gasteiger partial charge in [-0.2, -0.15) is 4.98 Å². The molecular formula is C24H31N5OS. The van der Waals surface area contributed by atoms with E-state index in [0.29, 0.717) is 24.1 Å². The van der Waals surface area contributed by atoms with E-state index in [2.05, 4.69) is 34.5 Å². The third-order valence-electron chi connectivity index (χ3n) is 6.70. The van der Waals surface area contributed by atoms with Crippen molar-refractivity contribution < 1.29 is 4.79 Å². The molecule has 0 spiro atoms. The number of amides is 1. The highest BCUT2D eigenvalue weighted by Gasteiger charge is 2.35. The molecule has 0 bridgehead atoms. The number of fused-ring (bicyclic) bond motifs is 1. The summed E-state index contributed by atoms with van der Waals surface area (Å²) in [6, 6.07) is 8.95. The van der Waals surface area contributed by atoms with Gasteiger partial charge in [-0.05, 0) is 50.3 Å². The lowest BCUT2D eigenvalue weighted by Crippen LogP contribution is -2.31. The van der Waals surface area contributed by atoms with Gasteiger partial charge in [0.25, 0.3) is 5.91 Å². The van der Waals surface area contributed by atoms with Crippen molar-refractivity contribution in [2.75, 3.05) is 28.4 Å². The van der Waals surface area contributed by atoms with Gasteiger partial charge in [-0.3, -0.25) is 4.79 Å². The summed E-state index contributed by atoms with van der Waals surface area (Å²) in [6.07, 6.45) is 6.66. The van der Waals surface area contributed by atoms with Crippen LogP contribution in [-0.4, -0.2) is 45.0 Å². The summed E-state index contributed by atoms with van der Waals surface area (Å²) in [4.78, 5) is 26.6. The molecule has 2 fully saturated rings. The minimum Gasteiger partial charge on any atom is -0.340 e. The quantitative estimate of drug-likeness (QED) is 0.699. The SMILES string of the molecule is CC(C)N1Cc2c(Nc3ccc(C4CCCCC4)cc3)nc(N3CCSC3)nc2C1=O. The monoisotopic (exact) mass is 437 g/mol. The maximum atomic E-state index is 13.0. The number of hydrogen-bond donors (Lipinski definition) is 1. The van der Waals surface area contributed by atoms with Crippen molar-refractivity contribution >= 4 is 35.1 Å². The van der Waals surface area contributed by atoms with Crippen LogP contribution in [0.1, 0.15) is 73.5 Å². The molecule has 3 aliphatic rings. The Morgan fingerprint density at radius 3 is 2.55 bits per heavy atom. The van der Waals surface area contributed by atoms with Crippen LogP contribution in [-0.2, 0) is 6.54 Å². The molecule has 164 valence electrons. The van der Waals surface area contributed by atoms with Gasteiger partial charge in [-0.25, -0.2) is 4.98 Å². The number of carbonyl (C=O) groups excluding carboxylic acids is 1. The van der Waals surface area contributed by atoms with Crippen LogP contribution in [0.3, 0.4) is 0 Å². The van der Waals surface area contributed by atoms with E-state index in [0.717, 1.165) is 35.2 Å². The fourth-order valence-electron chi connectivity index (χ4n) is 4.82. The highest BCUT2D eigenvalue weighted by Crippen LogP contribution is 2.35. The van der Waals surface area contributed by atoms with Gasteiger partial charge in [0.15, 0.2) is 0 Å². The molecule has 5 rings (SSSR count). The molecule has 0 atom stereocenters. The Hall–Kier alpha value is -2.28. The van der Waals surface area contributed by atoms with Crippen LogP contribution in [0.5, 0.6) is 0 Å². The largest absolute Gasteiger partial charge is 0.340 e. The molecule has 1 aromatic heterocycles. The number of carbonyl (C=O) groups is 1. The maximum absolute atomic E-state index is 13.0. The molecule has 6 nitrogen and oxygen atoms in total. The Labute approximate surface area is 188 Å². The standard InChI is InChI=1S/C24H31N5OS/c1-16(2)29-14-20-21(23(29)30)26-24(28-12-13-31-15-28)27-22(20)25-19-10-8-18(9-11-19)17-6-4-3-5-7-17/h8-11,16-17H,3-7,12-15H2,1-2H3,(H,25,26,27). The Kier molecular flexibility index (Phi) is 5.78. The van der Waals surface area contributed by atoms with Crippen LogP contribution in [0.2, 0.25) is 0 Å². The van der Waals surface area contributed by atoms with Crippen LogP contribution in [0, 0.1) is 0 Å². The van der Waals surface area contributed by atoms with Gasteiger partial charge >= 0.3 is 0 Å². The van der Waals surface area contributed by atoms with Gasteiger partial charge in [0.1, 0.15) is 11.5 Å². The van der Waals surface area contributed by atoms with Crippen molar-refractivity contribution in [2.45, 2.75) is 64.5 Å². The second kappa shape index (κ2) is 8.69. The lowest BCUT2D eigenvalue weighted by molar-refractivity contribution is 0.0726. The first-order chi connectivity index (χ1) is 15.1. The number of hydrogen-bond acceptors (Lipinski definition) is 6. The smallest absolute Gasteiger partial charge is 0.273 e. The van der Waals surface area contributed by atoms with Gasteiger partial charge in [0.05, 0.1) is 12.4 Å². The van der Waals surface area contributed by atoms with Crippen molar-refractivity contribution in [3.63, 3.8) is 0 Å². The van der Waals surface area contributed by atoms with Gasteiger partial charge in [-0.1, -0.05) is 31.4 Å². The molecule has 2 aliphatic heterocycles. The van der Waals surface area contributed by atoms with Crippen LogP contribution >= 0.6 is 11.8 Å². The van der Waals surface area contributed by atoms with Crippen molar-refractivity contribution in [2.24, 2.45) is 0 Å². The predicted molar refractivity (Wildman–Crippen MR) is 127 cm³/mol. The van der Waals surface area contributed by atoms with Crippen molar-refractivity contribution in [3.05, 3.63) is 41.1 Å². The Morgan fingerprint density at radius 1 is 1.10 bits per heavy atom. The zero-order valence-corrected chi connectivity index (χ0v) is 19.2. The summed E-state index contributed by atoms with van der Waals surface area (Å²) < 4.78 is 0. The van der Waals surface area contributed by atoms with Crippen molar-refractivity contribution in [1.82, 2.24) is 14.9 Å². The molecular weight excluding hydrogens is 406 g/mol. The van der Waals surface area contributed by atoms with Gasteiger partial charge in [-0.15, -0.1) is 11.8 Å². The van der Waals surface area contributed by atoms with E-state index < -0.39 is 0 Å². The van der Waals surface area contributed by atoms with E-state index in [9.17, 15) is 4.79 Å². The summed E-state index contributed by atoms with van der Waals surface area (Å²) in [7, 11) is 0. The van der Waals surface area contributed by atoms with Gasteiger partial charge in [0.2, 0.25) is 5.95 Å². The normalized spacial score (nSPS) is 19.4. The molecule has 3 heterocycles. The van der Waals surface area contributed by atoms with Crippen LogP contribution in [0.25, 0.3) is 0 Å². The Morgan fingerprint density at radius 2 is 1.87 bits per heavy atom. The van der Waals surface area contributed by atoms with E-state index >= 15 is 0 Å². The van der Waals surface area contributed by atoms with Crippen molar-refractivity contribution in [3.8, 4) is 0 Å². The first-order valence-electron chi connectivity index (χ1n) is 11.5. The number of thioether (sulfide) groups is 1. The molecule has 7 heteroatoms. The molecule has 1 saturated heterocycles. The lowest BCUT2D eigenvalue weighted by atomic mass is 9.84. The number of benzene rings is 1. The third kappa shape index (κ3) is 4.12. The van der Waals surface area contributed by atoms with Crippen LogP contribution in [0.15, 0.2) is 24.3 Å². The van der Waals surface area contributed by atoms with Gasteiger partial charge < -0.3 is 15.1 Å². The summed E-state index contributed by atoms with van der Waals surface area (Å²) in [5.41, 5.74) is 3.91. The Bertz CT molecular complexity index is 949. The second-order valence-electron chi connectivity index (χ2n) is 9.11. The predicted octanol–water partition coefficient (Wildman–Crippen LogP) is 5.14. The van der Waals surface area contributed by atoms with Gasteiger partial charge in [0, 0.05) is 29.6 Å². The summed E-state index contributed by atoms with van der Waals surface area (Å²) >= 11 is 1.87. The van der Waals surface area contributed by atoms with Crippen LogP contribution < -0.4 is 10.2 Å². The molecule has 31 heavy (non-hydrogen) atoms. The minimum absolute atomic E-state index is 0.0104. The number of nitrogens with one attached hydrogen (secondary N) is 1. The zero-order chi connectivity index (χ0) is 21.4. The molecule has 1 amide bonds. The number of aromatic nitrogens is 2. The zero-order valence-electron chi connectivity index (χ0n) is 18.4. The first-order valence-corrected chi connectivity index (χ1v) is 12.7. The van der Waals surface area contributed by atoms with E-state index in [1.807, 2.05) is 30.5 Å². The molecule has 2 aromatic rings. The topological polar surface area (TPSA) is 61.4 Å². The molecule has 1 N–H and O–H groups in total. The summed E-state index contributed by atoms with van der Waals surface area (Å²) in [5.74, 6) is 4.07. The summed E-state index contributed by atoms with van der Waals surface area (Å²) in [6.45, 7) is 5.57. The number of rotatable bonds is 5. The van der Waals surface area contributed by atoms with E-state index in [1.54, 1.807) is 0 Å². The molecule has 0 radical (unpaired) electrons. The van der Waals surface area contributed by atoms with E-state index in [-0.39, 0.29) is 11.9 Å². The molecule has 1 aromatic carbocycles. The number of nitrogens with zero attached hydrogens (tertiary/aromatic N) is 4.